The Labute approximate surface area is 173 Å². The van der Waals surface area contributed by atoms with Crippen LogP contribution in [-0.2, 0) is 12.8 Å². The Morgan fingerprint density at radius 3 is 2.66 bits per heavy atom. The number of carbonyl (C=O) groups is 2. The van der Waals surface area contributed by atoms with E-state index in [4.69, 9.17) is 5.73 Å². The Morgan fingerprint density at radius 1 is 1.34 bits per heavy atom. The van der Waals surface area contributed by atoms with Crippen molar-refractivity contribution in [2.45, 2.75) is 46.5 Å². The van der Waals surface area contributed by atoms with Crippen molar-refractivity contribution in [2.24, 2.45) is 17.1 Å². The van der Waals surface area contributed by atoms with Gasteiger partial charge in [0.25, 0.3) is 17.5 Å². The molecule has 1 atom stereocenters. The van der Waals surface area contributed by atoms with Crippen LogP contribution in [0, 0.1) is 21.4 Å². The zero-order valence-electron chi connectivity index (χ0n) is 16.8. The zero-order chi connectivity index (χ0) is 21.3. The first-order valence-corrected chi connectivity index (χ1v) is 10.5. The highest BCUT2D eigenvalue weighted by Crippen LogP contribution is 2.45. The number of rotatable bonds is 6. The maximum absolute atomic E-state index is 12.7. The van der Waals surface area contributed by atoms with E-state index in [1.807, 2.05) is 0 Å². The molecule has 8 heteroatoms. The van der Waals surface area contributed by atoms with Crippen molar-refractivity contribution in [1.82, 2.24) is 0 Å². The smallest absolute Gasteiger partial charge is 0.282 e. The minimum absolute atomic E-state index is 0.0516. The average molecular weight is 416 g/mol. The lowest BCUT2D eigenvalue weighted by Gasteiger charge is -2.36. The van der Waals surface area contributed by atoms with Crippen LogP contribution in [0.4, 0.5) is 10.7 Å². The van der Waals surface area contributed by atoms with Crippen LogP contribution in [0.3, 0.4) is 0 Å². The SMILES string of the molecule is CCC(C)(C)[C@@H]1CCc2c(sc(NC(=O)c3ccccc3[N+](=O)[O-])c2C(N)=O)C1. The van der Waals surface area contributed by atoms with Gasteiger partial charge >= 0.3 is 0 Å². The van der Waals surface area contributed by atoms with Gasteiger partial charge in [0.05, 0.1) is 10.5 Å². The molecule has 1 aliphatic carbocycles. The van der Waals surface area contributed by atoms with Crippen LogP contribution in [0.5, 0.6) is 0 Å². The summed E-state index contributed by atoms with van der Waals surface area (Å²) in [7, 11) is 0. The number of hydrogen-bond donors (Lipinski definition) is 2. The van der Waals surface area contributed by atoms with Gasteiger partial charge in [0.1, 0.15) is 10.6 Å². The highest BCUT2D eigenvalue weighted by atomic mass is 32.1. The van der Waals surface area contributed by atoms with E-state index in [0.29, 0.717) is 16.5 Å². The summed E-state index contributed by atoms with van der Waals surface area (Å²) in [6.45, 7) is 6.68. The van der Waals surface area contributed by atoms with E-state index < -0.39 is 16.7 Å². The third-order valence-electron chi connectivity index (χ3n) is 6.10. The summed E-state index contributed by atoms with van der Waals surface area (Å²) in [4.78, 5) is 36.6. The molecule has 0 radical (unpaired) electrons. The molecule has 1 heterocycles. The van der Waals surface area contributed by atoms with Crippen molar-refractivity contribution in [2.75, 3.05) is 5.32 Å². The maximum atomic E-state index is 12.7. The normalized spacial score (nSPS) is 16.2. The molecule has 0 bridgehead atoms. The van der Waals surface area contributed by atoms with Crippen molar-refractivity contribution in [3.8, 4) is 0 Å². The number of benzene rings is 1. The number of carbonyl (C=O) groups excluding carboxylic acids is 2. The second-order valence-electron chi connectivity index (χ2n) is 8.08. The van der Waals surface area contributed by atoms with Crippen LogP contribution in [0.25, 0.3) is 0 Å². The number of nitro benzene ring substituents is 1. The number of nitrogens with zero attached hydrogens (tertiary/aromatic N) is 1. The summed E-state index contributed by atoms with van der Waals surface area (Å²) >= 11 is 1.36. The van der Waals surface area contributed by atoms with E-state index in [-0.39, 0.29) is 16.7 Å². The topological polar surface area (TPSA) is 115 Å². The lowest BCUT2D eigenvalue weighted by molar-refractivity contribution is -0.385. The number of para-hydroxylation sites is 1. The van der Waals surface area contributed by atoms with Gasteiger partial charge in [-0.15, -0.1) is 11.3 Å². The number of hydrogen-bond acceptors (Lipinski definition) is 5. The number of fused-ring (bicyclic) bond motifs is 1. The lowest BCUT2D eigenvalue weighted by Crippen LogP contribution is -2.29. The summed E-state index contributed by atoms with van der Waals surface area (Å²) in [5.41, 5.74) is 6.72. The predicted molar refractivity (Wildman–Crippen MR) is 113 cm³/mol. The summed E-state index contributed by atoms with van der Waals surface area (Å²) < 4.78 is 0. The third-order valence-corrected chi connectivity index (χ3v) is 7.27. The number of anilines is 1. The van der Waals surface area contributed by atoms with E-state index in [1.165, 1.54) is 29.5 Å². The third kappa shape index (κ3) is 4.03. The van der Waals surface area contributed by atoms with Gasteiger partial charge in [-0.3, -0.25) is 19.7 Å². The second kappa shape index (κ2) is 7.94. The van der Waals surface area contributed by atoms with Crippen molar-refractivity contribution >= 4 is 33.8 Å². The molecule has 1 aromatic heterocycles. The van der Waals surface area contributed by atoms with Crippen molar-refractivity contribution in [3.05, 3.63) is 55.9 Å². The first-order chi connectivity index (χ1) is 13.7. The molecule has 0 saturated carbocycles. The molecule has 0 saturated heterocycles. The van der Waals surface area contributed by atoms with Crippen LogP contribution in [0.1, 0.15) is 64.8 Å². The Balaban J connectivity index is 1.95. The average Bonchev–Trinajstić information content (AvgIpc) is 3.04. The van der Waals surface area contributed by atoms with E-state index >= 15 is 0 Å². The number of nitrogens with two attached hydrogens (primary N) is 1. The molecular formula is C21H25N3O4S. The molecule has 1 aliphatic rings. The van der Waals surface area contributed by atoms with Gasteiger partial charge in [-0.05, 0) is 42.2 Å². The fourth-order valence-electron chi connectivity index (χ4n) is 3.89. The highest BCUT2D eigenvalue weighted by molar-refractivity contribution is 7.17. The van der Waals surface area contributed by atoms with E-state index in [2.05, 4.69) is 26.1 Å². The maximum Gasteiger partial charge on any atom is 0.282 e. The Morgan fingerprint density at radius 2 is 2.03 bits per heavy atom. The predicted octanol–water partition coefficient (Wildman–Crippen LogP) is 4.55. The molecule has 3 N–H and O–H groups in total. The molecule has 7 nitrogen and oxygen atoms in total. The minimum Gasteiger partial charge on any atom is -0.365 e. The van der Waals surface area contributed by atoms with Crippen LogP contribution in [0.2, 0.25) is 0 Å². The molecule has 2 aromatic rings. The second-order valence-corrected chi connectivity index (χ2v) is 9.19. The summed E-state index contributed by atoms with van der Waals surface area (Å²) in [6.07, 6.45) is 3.59. The number of primary amides is 1. The van der Waals surface area contributed by atoms with Crippen LogP contribution in [-0.4, -0.2) is 16.7 Å². The van der Waals surface area contributed by atoms with Gasteiger partial charge in [-0.1, -0.05) is 39.3 Å². The minimum atomic E-state index is -0.621. The molecular weight excluding hydrogens is 390 g/mol. The first kappa shape index (κ1) is 21.0. The van der Waals surface area contributed by atoms with Gasteiger partial charge in [0, 0.05) is 10.9 Å². The molecule has 154 valence electrons. The van der Waals surface area contributed by atoms with Crippen molar-refractivity contribution in [3.63, 3.8) is 0 Å². The van der Waals surface area contributed by atoms with Gasteiger partial charge in [-0.2, -0.15) is 0 Å². The number of thiophene rings is 1. The molecule has 1 aromatic carbocycles. The van der Waals surface area contributed by atoms with Crippen LogP contribution < -0.4 is 11.1 Å². The zero-order valence-corrected chi connectivity index (χ0v) is 17.6. The van der Waals surface area contributed by atoms with Crippen molar-refractivity contribution in [1.29, 1.82) is 0 Å². The van der Waals surface area contributed by atoms with Gasteiger partial charge in [0.2, 0.25) is 0 Å². The fraction of sp³-hybridized carbons (Fsp3) is 0.429. The van der Waals surface area contributed by atoms with E-state index in [1.54, 1.807) is 6.07 Å². The number of nitro groups is 1. The van der Waals surface area contributed by atoms with Gasteiger partial charge in [-0.25, -0.2) is 0 Å². The lowest BCUT2D eigenvalue weighted by atomic mass is 9.69. The molecule has 29 heavy (non-hydrogen) atoms. The van der Waals surface area contributed by atoms with Crippen LogP contribution in [0.15, 0.2) is 24.3 Å². The molecule has 0 fully saturated rings. The molecule has 3 rings (SSSR count). The monoisotopic (exact) mass is 415 g/mol. The molecule has 0 spiro atoms. The van der Waals surface area contributed by atoms with Crippen LogP contribution >= 0.6 is 11.3 Å². The largest absolute Gasteiger partial charge is 0.365 e. The quantitative estimate of drug-likeness (QED) is 0.532. The van der Waals surface area contributed by atoms with Crippen molar-refractivity contribution < 1.29 is 14.5 Å². The number of amides is 2. The number of nitrogens with one attached hydrogen (secondary N) is 1. The standard InChI is InChI=1S/C21H25N3O4S/c1-4-21(2,3)12-9-10-14-16(11-12)29-20(17(14)18(22)25)23-19(26)13-7-5-6-8-15(13)24(27)28/h5-8,12H,4,9-11H2,1-3H3,(H2,22,25)(H,23,26)/t12-/m1/s1. The Bertz CT molecular complexity index is 980. The molecule has 0 aliphatic heterocycles. The van der Waals surface area contributed by atoms with E-state index in [0.717, 1.165) is 36.1 Å². The Hall–Kier alpha value is -2.74. The Kier molecular flexibility index (Phi) is 5.75. The summed E-state index contributed by atoms with van der Waals surface area (Å²) in [5, 5.41) is 14.3. The summed E-state index contributed by atoms with van der Waals surface area (Å²) in [6, 6.07) is 5.74. The highest BCUT2D eigenvalue weighted by Gasteiger charge is 2.35. The van der Waals surface area contributed by atoms with E-state index in [9.17, 15) is 19.7 Å². The fourth-order valence-corrected chi connectivity index (χ4v) is 5.21. The first-order valence-electron chi connectivity index (χ1n) is 9.64. The van der Waals surface area contributed by atoms with Gasteiger partial charge < -0.3 is 11.1 Å². The van der Waals surface area contributed by atoms with Gasteiger partial charge in [0.15, 0.2) is 0 Å². The molecule has 0 unspecified atom stereocenters. The molecule has 2 amide bonds. The summed E-state index contributed by atoms with van der Waals surface area (Å²) in [5.74, 6) is -0.726.